The first-order valence-corrected chi connectivity index (χ1v) is 6.14. The second-order valence-electron chi connectivity index (χ2n) is 4.87. The van der Waals surface area contributed by atoms with Crippen molar-refractivity contribution >= 4 is 10.8 Å². The van der Waals surface area contributed by atoms with E-state index in [4.69, 9.17) is 0 Å². The van der Waals surface area contributed by atoms with Gasteiger partial charge in [0.2, 0.25) is 0 Å². The summed E-state index contributed by atoms with van der Waals surface area (Å²) in [6, 6.07) is 19.9. The first-order valence-electron chi connectivity index (χ1n) is 6.14. The number of hydrogen-bond donors (Lipinski definition) is 0. The molecule has 0 nitrogen and oxygen atoms in total. The predicted octanol–water partition coefficient (Wildman–Crippen LogP) is 4.69. The van der Waals surface area contributed by atoms with Gasteiger partial charge in [0.05, 0.1) is 0 Å². The third-order valence-electron chi connectivity index (χ3n) is 3.99. The van der Waals surface area contributed by atoms with E-state index in [2.05, 4.69) is 61.5 Å². The van der Waals surface area contributed by atoms with Crippen LogP contribution in [0, 0.1) is 0 Å². The highest BCUT2D eigenvalue weighted by atomic mass is 14.3. The van der Waals surface area contributed by atoms with Gasteiger partial charge in [-0.05, 0) is 11.5 Å². The van der Waals surface area contributed by atoms with E-state index in [1.165, 1.54) is 33.0 Å². The maximum atomic E-state index is 2.36. The van der Waals surface area contributed by atoms with Crippen LogP contribution in [0.25, 0.3) is 21.9 Å². The van der Waals surface area contributed by atoms with Crippen molar-refractivity contribution in [3.63, 3.8) is 0 Å². The molecule has 17 heavy (non-hydrogen) atoms. The molecule has 0 aliphatic heterocycles. The first-order chi connectivity index (χ1) is 8.36. The van der Waals surface area contributed by atoms with Gasteiger partial charge in [-0.1, -0.05) is 42.1 Å². The fourth-order valence-corrected chi connectivity index (χ4v) is 3.16. The zero-order valence-corrected chi connectivity index (χ0v) is 9.77. The summed E-state index contributed by atoms with van der Waals surface area (Å²) < 4.78 is 0. The van der Waals surface area contributed by atoms with E-state index in [-0.39, 0.29) is 0 Å². The lowest BCUT2D eigenvalue weighted by atomic mass is 9.99. The monoisotopic (exact) mass is 217 g/mol. The second-order valence-corrected chi connectivity index (χ2v) is 4.87. The molecule has 0 bridgehead atoms. The molecular weight excluding hydrogens is 204 g/mol. The molecule has 0 fully saturated rings. The first kappa shape index (κ1) is 9.12. The van der Waals surface area contributed by atoms with E-state index in [0.29, 0.717) is 5.92 Å². The third kappa shape index (κ3) is 1.05. The Morgan fingerprint density at radius 1 is 0.941 bits per heavy atom. The Labute approximate surface area is 101 Å². The van der Waals surface area contributed by atoms with Gasteiger partial charge in [0, 0.05) is 0 Å². The van der Waals surface area contributed by atoms with Gasteiger partial charge in [-0.2, -0.15) is 0 Å². The number of hydrogen-bond acceptors (Lipinski definition) is 0. The van der Waals surface area contributed by atoms with Crippen molar-refractivity contribution in [1.82, 2.24) is 0 Å². The molecule has 0 heteroatoms. The summed E-state index contributed by atoms with van der Waals surface area (Å²) in [5.41, 5.74) is 5.86. The topological polar surface area (TPSA) is 0 Å². The standard InChI is InChI=1S/C17H13/c1-11-13-7-4-5-9-15(13)17-14-8-3-2-6-12(14)10-16(11)17/h2-11H,1H3/q-1. The van der Waals surface area contributed by atoms with Crippen LogP contribution in [0.1, 0.15) is 24.0 Å². The average molecular weight is 217 g/mol. The summed E-state index contributed by atoms with van der Waals surface area (Å²) in [7, 11) is 0. The Kier molecular flexibility index (Phi) is 1.63. The normalized spacial score (nSPS) is 17.1. The highest BCUT2D eigenvalue weighted by Crippen LogP contribution is 2.49. The minimum absolute atomic E-state index is 0.536. The van der Waals surface area contributed by atoms with Crippen LogP contribution in [0.5, 0.6) is 0 Å². The average Bonchev–Trinajstić information content (AvgIpc) is 2.88. The van der Waals surface area contributed by atoms with Gasteiger partial charge < -0.3 is 0 Å². The van der Waals surface area contributed by atoms with Crippen molar-refractivity contribution in [2.24, 2.45) is 0 Å². The third-order valence-corrected chi connectivity index (χ3v) is 3.99. The van der Waals surface area contributed by atoms with E-state index < -0.39 is 0 Å². The van der Waals surface area contributed by atoms with E-state index in [9.17, 15) is 0 Å². The van der Waals surface area contributed by atoms with Crippen molar-refractivity contribution in [3.05, 3.63) is 65.7 Å². The van der Waals surface area contributed by atoms with Crippen LogP contribution in [-0.4, -0.2) is 0 Å². The summed E-state index contributed by atoms with van der Waals surface area (Å²) in [4.78, 5) is 0. The summed E-state index contributed by atoms with van der Waals surface area (Å²) in [6.45, 7) is 2.31. The molecule has 1 atom stereocenters. The lowest BCUT2D eigenvalue weighted by Crippen LogP contribution is -1.87. The number of rotatable bonds is 0. The largest absolute Gasteiger partial charge is 0.129 e. The van der Waals surface area contributed by atoms with E-state index in [1.807, 2.05) is 0 Å². The van der Waals surface area contributed by atoms with E-state index in [1.54, 1.807) is 0 Å². The molecule has 1 aliphatic carbocycles. The maximum absolute atomic E-state index is 2.36. The van der Waals surface area contributed by atoms with Crippen LogP contribution in [0.4, 0.5) is 0 Å². The van der Waals surface area contributed by atoms with E-state index in [0.717, 1.165) is 0 Å². The van der Waals surface area contributed by atoms with Gasteiger partial charge in [0.25, 0.3) is 0 Å². The van der Waals surface area contributed by atoms with Crippen LogP contribution in [-0.2, 0) is 0 Å². The Bertz CT molecular complexity index is 716. The molecular formula is C17H13-. The molecule has 0 heterocycles. The lowest BCUT2D eigenvalue weighted by Gasteiger charge is -2.08. The van der Waals surface area contributed by atoms with Gasteiger partial charge in [0.1, 0.15) is 0 Å². The van der Waals surface area contributed by atoms with Crippen molar-refractivity contribution in [2.75, 3.05) is 0 Å². The molecule has 0 radical (unpaired) electrons. The molecule has 0 saturated carbocycles. The van der Waals surface area contributed by atoms with Crippen LogP contribution < -0.4 is 0 Å². The minimum atomic E-state index is 0.536. The number of benzene rings is 2. The van der Waals surface area contributed by atoms with Gasteiger partial charge >= 0.3 is 0 Å². The smallest absolute Gasteiger partial charge is 0.0269 e. The molecule has 1 unspecified atom stereocenters. The molecule has 0 saturated heterocycles. The summed E-state index contributed by atoms with van der Waals surface area (Å²) in [6.07, 6.45) is 0. The summed E-state index contributed by atoms with van der Waals surface area (Å²) >= 11 is 0. The van der Waals surface area contributed by atoms with Gasteiger partial charge in [-0.3, -0.25) is 0 Å². The summed E-state index contributed by atoms with van der Waals surface area (Å²) in [5.74, 6) is 0.536. The van der Waals surface area contributed by atoms with Crippen molar-refractivity contribution in [2.45, 2.75) is 12.8 Å². The Morgan fingerprint density at radius 3 is 2.71 bits per heavy atom. The predicted molar refractivity (Wildman–Crippen MR) is 72.5 cm³/mol. The van der Waals surface area contributed by atoms with E-state index >= 15 is 0 Å². The fraction of sp³-hybridized carbons (Fsp3) is 0.118. The van der Waals surface area contributed by atoms with Crippen LogP contribution in [0.2, 0.25) is 0 Å². The quantitative estimate of drug-likeness (QED) is 0.479. The molecule has 0 N–H and O–H groups in total. The lowest BCUT2D eigenvalue weighted by molar-refractivity contribution is 0.961. The van der Waals surface area contributed by atoms with Gasteiger partial charge in [0.15, 0.2) is 0 Å². The molecule has 3 aromatic carbocycles. The number of fused-ring (bicyclic) bond motifs is 5. The van der Waals surface area contributed by atoms with Crippen LogP contribution >= 0.6 is 0 Å². The molecule has 3 aromatic rings. The fourth-order valence-electron chi connectivity index (χ4n) is 3.16. The van der Waals surface area contributed by atoms with Crippen molar-refractivity contribution < 1.29 is 0 Å². The molecule has 4 rings (SSSR count). The van der Waals surface area contributed by atoms with Crippen LogP contribution in [0.3, 0.4) is 0 Å². The van der Waals surface area contributed by atoms with Gasteiger partial charge in [-0.25, -0.2) is 0 Å². The maximum Gasteiger partial charge on any atom is -0.0269 e. The Balaban J connectivity index is 2.18. The highest BCUT2D eigenvalue weighted by molar-refractivity contribution is 6.04. The highest BCUT2D eigenvalue weighted by Gasteiger charge is 2.22. The zero-order valence-electron chi connectivity index (χ0n) is 9.77. The molecule has 0 spiro atoms. The minimum Gasteiger partial charge on any atom is -0.129 e. The van der Waals surface area contributed by atoms with Gasteiger partial charge in [-0.15, -0.1) is 46.8 Å². The SMILES string of the molecule is CC1c2ccccc2-c2c1c[c-]1ccccc21. The molecule has 0 amide bonds. The zero-order chi connectivity index (χ0) is 11.4. The second kappa shape index (κ2) is 3.04. The Morgan fingerprint density at radius 2 is 1.76 bits per heavy atom. The molecule has 82 valence electrons. The molecule has 0 aromatic heterocycles. The van der Waals surface area contributed by atoms with Crippen LogP contribution in [0.15, 0.2) is 54.6 Å². The van der Waals surface area contributed by atoms with Crippen molar-refractivity contribution in [1.29, 1.82) is 0 Å². The Hall–Kier alpha value is -1.95. The van der Waals surface area contributed by atoms with Crippen molar-refractivity contribution in [3.8, 4) is 11.1 Å². The molecule has 1 aliphatic rings. The summed E-state index contributed by atoms with van der Waals surface area (Å²) in [5, 5.41) is 2.78.